The predicted octanol–water partition coefficient (Wildman–Crippen LogP) is 5.57. The molecule has 0 spiro atoms. The number of benzene rings is 2. The van der Waals surface area contributed by atoms with Crippen LogP contribution >= 0.6 is 27.3 Å². The number of anilines is 1. The van der Waals surface area contributed by atoms with E-state index in [0.717, 1.165) is 33.6 Å². The highest BCUT2D eigenvalue weighted by molar-refractivity contribution is 9.08. The summed E-state index contributed by atoms with van der Waals surface area (Å²) in [5.74, 6) is -1.24. The lowest BCUT2D eigenvalue weighted by Crippen LogP contribution is -2.17. The maximum atomic E-state index is 12.4. The molecule has 8 heteroatoms. The Hall–Kier alpha value is -3.15. The number of nitrogens with zero attached hydrogens (tertiary/aromatic N) is 1. The number of hydrogen-bond donors (Lipinski definition) is 2. The first-order valence-corrected chi connectivity index (χ1v) is 11.0. The van der Waals surface area contributed by atoms with Crippen LogP contribution in [0.3, 0.4) is 0 Å². The average molecular weight is 483 g/mol. The number of amides is 1. The number of hydrogen-bond acceptors (Lipinski definition) is 5. The van der Waals surface area contributed by atoms with E-state index in [1.165, 1.54) is 0 Å². The molecule has 4 rings (SSSR count). The Labute approximate surface area is 184 Å². The highest BCUT2D eigenvalue weighted by atomic mass is 79.9. The van der Waals surface area contributed by atoms with Gasteiger partial charge in [-0.1, -0.05) is 64.5 Å². The maximum Gasteiger partial charge on any atom is 0.412 e. The van der Waals surface area contributed by atoms with Crippen LogP contribution in [0.15, 0.2) is 48.5 Å². The summed E-state index contributed by atoms with van der Waals surface area (Å²) in [5, 5.41) is 21.6. The molecule has 1 amide bonds. The zero-order valence-corrected chi connectivity index (χ0v) is 17.9. The lowest BCUT2D eigenvalue weighted by molar-refractivity contribution is 0.0701. The summed E-state index contributed by atoms with van der Waals surface area (Å²) >= 11 is 4.05. The summed E-state index contributed by atoms with van der Waals surface area (Å²) in [7, 11) is 0. The summed E-state index contributed by atoms with van der Waals surface area (Å²) in [6.07, 6.45) is -0.729. The number of carboxylic acids is 1. The van der Waals surface area contributed by atoms with Crippen molar-refractivity contribution < 1.29 is 19.4 Å². The SMILES string of the molecule is N#Cc1c(NC(=O)OCC2c3ccccc3-c3ccccc32)sc(C(=O)O)c1CBr. The van der Waals surface area contributed by atoms with Crippen molar-refractivity contribution in [2.24, 2.45) is 0 Å². The first-order valence-electron chi connectivity index (χ1n) is 9.02. The third kappa shape index (κ3) is 3.47. The van der Waals surface area contributed by atoms with Crippen molar-refractivity contribution in [3.8, 4) is 17.2 Å². The molecule has 150 valence electrons. The number of aromatic carboxylic acids is 1. The summed E-state index contributed by atoms with van der Waals surface area (Å²) in [6, 6.07) is 18.0. The third-order valence-electron chi connectivity index (χ3n) is 5.01. The number of halogens is 1. The molecule has 0 atom stereocenters. The summed E-state index contributed by atoms with van der Waals surface area (Å²) in [6.45, 7) is 0.129. The van der Waals surface area contributed by atoms with Crippen molar-refractivity contribution in [1.29, 1.82) is 5.26 Å². The summed E-state index contributed by atoms with van der Waals surface area (Å²) < 4.78 is 5.47. The number of fused-ring (bicyclic) bond motifs is 3. The molecule has 0 saturated carbocycles. The zero-order chi connectivity index (χ0) is 21.3. The lowest BCUT2D eigenvalue weighted by atomic mass is 9.98. The van der Waals surface area contributed by atoms with Crippen molar-refractivity contribution >= 4 is 44.3 Å². The van der Waals surface area contributed by atoms with Gasteiger partial charge in [0.05, 0.1) is 5.56 Å². The van der Waals surface area contributed by atoms with Crippen LogP contribution in [-0.2, 0) is 10.1 Å². The lowest BCUT2D eigenvalue weighted by Gasteiger charge is -2.14. The van der Waals surface area contributed by atoms with Gasteiger partial charge in [-0.3, -0.25) is 5.32 Å². The van der Waals surface area contributed by atoms with Crippen LogP contribution in [0.1, 0.15) is 37.8 Å². The molecule has 1 aromatic heterocycles. The second-order valence-electron chi connectivity index (χ2n) is 6.61. The van der Waals surface area contributed by atoms with Gasteiger partial charge < -0.3 is 9.84 Å². The van der Waals surface area contributed by atoms with Gasteiger partial charge in [-0.05, 0) is 22.3 Å². The van der Waals surface area contributed by atoms with Crippen LogP contribution < -0.4 is 5.32 Å². The second-order valence-corrected chi connectivity index (χ2v) is 8.20. The van der Waals surface area contributed by atoms with E-state index in [1.54, 1.807) is 0 Å². The molecule has 0 fully saturated rings. The van der Waals surface area contributed by atoms with Gasteiger partial charge in [-0.25, -0.2) is 9.59 Å². The number of carboxylic acid groups (broad SMARTS) is 1. The Kier molecular flexibility index (Phi) is 5.57. The smallest absolute Gasteiger partial charge is 0.412 e. The Balaban J connectivity index is 1.53. The van der Waals surface area contributed by atoms with Gasteiger partial charge in [0.1, 0.15) is 22.6 Å². The second kappa shape index (κ2) is 8.30. The van der Waals surface area contributed by atoms with E-state index in [-0.39, 0.29) is 33.3 Å². The van der Waals surface area contributed by atoms with E-state index in [4.69, 9.17) is 4.74 Å². The van der Waals surface area contributed by atoms with Crippen molar-refractivity contribution in [2.45, 2.75) is 11.2 Å². The van der Waals surface area contributed by atoms with Gasteiger partial charge in [-0.15, -0.1) is 11.3 Å². The fourth-order valence-corrected chi connectivity index (χ4v) is 5.44. The standard InChI is InChI=1S/C22H15BrN2O4S/c23-9-16-17(10-24)20(30-19(16)21(26)27)25-22(28)29-11-18-14-7-3-1-5-12(14)13-6-2-4-8-15(13)18/h1-8,18H,9,11H2,(H,25,28)(H,26,27). The number of rotatable bonds is 5. The summed E-state index contributed by atoms with van der Waals surface area (Å²) in [5.41, 5.74) is 4.90. The fourth-order valence-electron chi connectivity index (χ4n) is 3.70. The molecule has 1 heterocycles. The van der Waals surface area contributed by atoms with Gasteiger partial charge >= 0.3 is 12.1 Å². The number of carbonyl (C=O) groups is 2. The van der Waals surface area contributed by atoms with Gasteiger partial charge in [0.25, 0.3) is 0 Å². The van der Waals surface area contributed by atoms with Gasteiger partial charge in [-0.2, -0.15) is 5.26 Å². The number of carbonyl (C=O) groups excluding carboxylic acids is 1. The monoisotopic (exact) mass is 482 g/mol. The van der Waals surface area contributed by atoms with Crippen LogP contribution in [0.4, 0.5) is 9.80 Å². The highest BCUT2D eigenvalue weighted by Crippen LogP contribution is 2.44. The normalized spacial score (nSPS) is 12.0. The van der Waals surface area contributed by atoms with E-state index in [0.29, 0.717) is 5.56 Å². The fraction of sp³-hybridized carbons (Fsp3) is 0.136. The molecule has 6 nitrogen and oxygen atoms in total. The number of nitrogens with one attached hydrogen (secondary N) is 1. The molecule has 0 radical (unpaired) electrons. The Bertz CT molecular complexity index is 1150. The largest absolute Gasteiger partial charge is 0.477 e. The van der Waals surface area contributed by atoms with Crippen LogP contribution in [0.25, 0.3) is 11.1 Å². The van der Waals surface area contributed by atoms with Gasteiger partial charge in [0.2, 0.25) is 0 Å². The molecule has 1 aliphatic carbocycles. The van der Waals surface area contributed by atoms with Crippen LogP contribution in [-0.4, -0.2) is 23.8 Å². The first kappa shape index (κ1) is 20.1. The minimum atomic E-state index is -1.15. The Morgan fingerprint density at radius 2 is 1.73 bits per heavy atom. The molecule has 0 aliphatic heterocycles. The van der Waals surface area contributed by atoms with Crippen LogP contribution in [0.5, 0.6) is 0 Å². The highest BCUT2D eigenvalue weighted by Gasteiger charge is 2.29. The van der Waals surface area contributed by atoms with Crippen molar-refractivity contribution in [3.63, 3.8) is 0 Å². The predicted molar refractivity (Wildman–Crippen MR) is 117 cm³/mol. The van der Waals surface area contributed by atoms with Crippen LogP contribution in [0, 0.1) is 11.3 Å². The molecular weight excluding hydrogens is 468 g/mol. The van der Waals surface area contributed by atoms with E-state index in [1.807, 2.05) is 54.6 Å². The quantitative estimate of drug-likeness (QED) is 0.462. The Morgan fingerprint density at radius 3 is 2.27 bits per heavy atom. The number of ether oxygens (including phenoxy) is 1. The summed E-state index contributed by atoms with van der Waals surface area (Å²) in [4.78, 5) is 23.9. The number of alkyl halides is 1. The minimum Gasteiger partial charge on any atom is -0.477 e. The van der Waals surface area contributed by atoms with Gasteiger partial charge in [0.15, 0.2) is 0 Å². The van der Waals surface area contributed by atoms with Gasteiger partial charge in [0, 0.05) is 16.8 Å². The van der Waals surface area contributed by atoms with Crippen molar-refractivity contribution in [2.75, 3.05) is 11.9 Å². The first-order chi connectivity index (χ1) is 14.5. The maximum absolute atomic E-state index is 12.4. The molecule has 0 unspecified atom stereocenters. The average Bonchev–Trinajstić information content (AvgIpc) is 3.27. The molecule has 30 heavy (non-hydrogen) atoms. The molecule has 2 aromatic carbocycles. The molecule has 0 bridgehead atoms. The third-order valence-corrected chi connectivity index (χ3v) is 6.70. The van der Waals surface area contributed by atoms with E-state index < -0.39 is 12.1 Å². The molecule has 3 aromatic rings. The van der Waals surface area contributed by atoms with E-state index >= 15 is 0 Å². The van der Waals surface area contributed by atoms with Crippen LogP contribution in [0.2, 0.25) is 0 Å². The van der Waals surface area contributed by atoms with E-state index in [9.17, 15) is 20.0 Å². The Morgan fingerprint density at radius 1 is 1.13 bits per heavy atom. The molecule has 0 saturated heterocycles. The topological polar surface area (TPSA) is 99.4 Å². The molecule has 1 aliphatic rings. The molecule has 2 N–H and O–H groups in total. The van der Waals surface area contributed by atoms with E-state index in [2.05, 4.69) is 21.2 Å². The number of thiophene rings is 1. The van der Waals surface area contributed by atoms with Crippen molar-refractivity contribution in [3.05, 3.63) is 75.7 Å². The number of nitriles is 1. The zero-order valence-electron chi connectivity index (χ0n) is 15.5. The molecular formula is C22H15BrN2O4S. The minimum absolute atomic E-state index is 0.0115. The van der Waals surface area contributed by atoms with Crippen molar-refractivity contribution in [1.82, 2.24) is 0 Å².